The summed E-state index contributed by atoms with van der Waals surface area (Å²) in [5.74, 6) is 0.947. The van der Waals surface area contributed by atoms with E-state index in [0.29, 0.717) is 11.3 Å². The van der Waals surface area contributed by atoms with Crippen LogP contribution in [0.2, 0.25) is 0 Å². The van der Waals surface area contributed by atoms with Crippen molar-refractivity contribution in [1.82, 2.24) is 9.97 Å². The number of hydrogen-bond acceptors (Lipinski definition) is 5. The topological polar surface area (TPSA) is 72.3 Å². The van der Waals surface area contributed by atoms with Crippen LogP contribution < -0.4 is 0 Å². The lowest BCUT2D eigenvalue weighted by molar-refractivity contribution is 0.477. The molecule has 0 amide bonds. The number of rotatable bonds is 7. The first-order valence-corrected chi connectivity index (χ1v) is 20.0. The van der Waals surface area contributed by atoms with Crippen LogP contribution in [0.15, 0.2) is 203 Å². The van der Waals surface area contributed by atoms with Gasteiger partial charge in [0.05, 0.1) is 17.1 Å². The molecule has 0 aliphatic heterocycles. The third kappa shape index (κ3) is 6.30. The normalized spacial score (nSPS) is 11.5. The standard InChI is InChI=1S/C55H36N2O3/c1-34-27-42(55-54(46-20-9-11-22-52(46)60-55)40-24-25-44-43-19-8-10-21-51(43)59-53(44)33-40)31-47(56-34)38-17-12-18-39(28-38)48-29-41(36-15-6-3-7-16-36)30-49(57-48)45-26-23-37(32-50(45)58)35-13-4-2-5-14-35/h2-33,58H,1H3. The highest BCUT2D eigenvalue weighted by molar-refractivity contribution is 6.08. The molecule has 0 spiro atoms. The molecule has 11 aromatic rings. The Morgan fingerprint density at radius 3 is 1.70 bits per heavy atom. The number of hydrogen-bond donors (Lipinski definition) is 1. The summed E-state index contributed by atoms with van der Waals surface area (Å²) in [7, 11) is 0. The second-order valence-corrected chi connectivity index (χ2v) is 15.2. The van der Waals surface area contributed by atoms with Crippen LogP contribution in [0, 0.1) is 6.92 Å². The van der Waals surface area contributed by atoms with Crippen molar-refractivity contribution in [2.45, 2.75) is 6.92 Å². The van der Waals surface area contributed by atoms with Gasteiger partial charge in [0.15, 0.2) is 0 Å². The van der Waals surface area contributed by atoms with Gasteiger partial charge >= 0.3 is 0 Å². The monoisotopic (exact) mass is 772 g/mol. The lowest BCUT2D eigenvalue weighted by atomic mass is 9.96. The summed E-state index contributed by atoms with van der Waals surface area (Å²) in [6, 6.07) is 65.6. The first kappa shape index (κ1) is 35.2. The van der Waals surface area contributed by atoms with Crippen molar-refractivity contribution in [2.24, 2.45) is 0 Å². The highest BCUT2D eigenvalue weighted by atomic mass is 16.3. The van der Waals surface area contributed by atoms with E-state index >= 15 is 0 Å². The molecule has 4 aromatic heterocycles. The number of aromatic hydroxyl groups is 1. The van der Waals surface area contributed by atoms with E-state index in [0.717, 1.165) is 106 Å². The van der Waals surface area contributed by atoms with Gasteiger partial charge in [0, 0.05) is 49.7 Å². The Morgan fingerprint density at radius 1 is 0.367 bits per heavy atom. The maximum absolute atomic E-state index is 11.4. The highest BCUT2D eigenvalue weighted by Crippen LogP contribution is 2.44. The third-order valence-corrected chi connectivity index (χ3v) is 11.2. The molecule has 0 saturated carbocycles. The summed E-state index contributed by atoms with van der Waals surface area (Å²) in [4.78, 5) is 10.2. The fourth-order valence-electron chi connectivity index (χ4n) is 8.37. The summed E-state index contributed by atoms with van der Waals surface area (Å²) in [6.07, 6.45) is 0. The lowest BCUT2D eigenvalue weighted by Crippen LogP contribution is -1.94. The van der Waals surface area contributed by atoms with Crippen LogP contribution in [0.3, 0.4) is 0 Å². The molecule has 0 fully saturated rings. The molecular weight excluding hydrogens is 737 g/mol. The first-order valence-electron chi connectivity index (χ1n) is 20.0. The molecule has 0 aliphatic rings. The van der Waals surface area contributed by atoms with Crippen LogP contribution in [0.25, 0.3) is 111 Å². The zero-order chi connectivity index (χ0) is 40.2. The molecule has 0 aliphatic carbocycles. The third-order valence-electron chi connectivity index (χ3n) is 11.2. The molecule has 0 saturated heterocycles. The van der Waals surface area contributed by atoms with Gasteiger partial charge in [0.25, 0.3) is 0 Å². The molecule has 5 heteroatoms. The Labute approximate surface area is 346 Å². The van der Waals surface area contributed by atoms with Gasteiger partial charge in [-0.2, -0.15) is 0 Å². The number of phenolic OH excluding ortho intramolecular Hbond substituents is 1. The zero-order valence-electron chi connectivity index (χ0n) is 32.6. The van der Waals surface area contributed by atoms with E-state index in [1.165, 1.54) is 0 Å². The Hall–Kier alpha value is -8.02. The van der Waals surface area contributed by atoms with E-state index in [4.69, 9.17) is 18.8 Å². The van der Waals surface area contributed by atoms with Crippen molar-refractivity contribution in [3.05, 3.63) is 200 Å². The molecule has 11 rings (SSSR count). The smallest absolute Gasteiger partial charge is 0.143 e. The van der Waals surface area contributed by atoms with Crippen LogP contribution in [0.5, 0.6) is 5.75 Å². The molecule has 284 valence electrons. The van der Waals surface area contributed by atoms with Gasteiger partial charge in [-0.05, 0) is 101 Å². The van der Waals surface area contributed by atoms with Crippen LogP contribution >= 0.6 is 0 Å². The second-order valence-electron chi connectivity index (χ2n) is 15.2. The van der Waals surface area contributed by atoms with Gasteiger partial charge in [0.1, 0.15) is 28.3 Å². The predicted molar refractivity (Wildman–Crippen MR) is 244 cm³/mol. The van der Waals surface area contributed by atoms with Crippen molar-refractivity contribution in [2.75, 3.05) is 0 Å². The fourth-order valence-corrected chi connectivity index (χ4v) is 8.37. The predicted octanol–water partition coefficient (Wildman–Crippen LogP) is 14.8. The molecule has 7 aromatic carbocycles. The number of para-hydroxylation sites is 2. The maximum Gasteiger partial charge on any atom is 0.143 e. The largest absolute Gasteiger partial charge is 0.507 e. The Morgan fingerprint density at radius 2 is 0.950 bits per heavy atom. The van der Waals surface area contributed by atoms with Gasteiger partial charge in [-0.3, -0.25) is 4.98 Å². The van der Waals surface area contributed by atoms with Gasteiger partial charge in [0.2, 0.25) is 0 Å². The zero-order valence-corrected chi connectivity index (χ0v) is 32.6. The maximum atomic E-state index is 11.4. The summed E-state index contributed by atoms with van der Waals surface area (Å²) in [5.41, 5.74) is 15.2. The lowest BCUT2D eigenvalue weighted by Gasteiger charge is -2.13. The number of benzene rings is 7. The minimum Gasteiger partial charge on any atom is -0.507 e. The van der Waals surface area contributed by atoms with Crippen molar-refractivity contribution < 1.29 is 13.9 Å². The van der Waals surface area contributed by atoms with Crippen molar-refractivity contribution in [3.63, 3.8) is 0 Å². The summed E-state index contributed by atoms with van der Waals surface area (Å²) in [5, 5.41) is 14.6. The molecule has 0 radical (unpaired) electrons. The van der Waals surface area contributed by atoms with Gasteiger partial charge in [-0.15, -0.1) is 0 Å². The SMILES string of the molecule is Cc1cc(-c2oc3ccccc3c2-c2ccc3c(c2)oc2ccccc23)cc(-c2cccc(-c3cc(-c4ccccc4)cc(-c4ccc(-c5ccccc5)cc4O)n3)c2)n1. The fraction of sp³-hybridized carbons (Fsp3) is 0.0182. The number of aromatic nitrogens is 2. The minimum atomic E-state index is 0.174. The van der Waals surface area contributed by atoms with E-state index in [1.54, 1.807) is 0 Å². The molecule has 0 bridgehead atoms. The Bertz CT molecular complexity index is 3400. The average molecular weight is 773 g/mol. The average Bonchev–Trinajstić information content (AvgIpc) is 3.88. The summed E-state index contributed by atoms with van der Waals surface area (Å²) in [6.45, 7) is 2.02. The molecular formula is C55H36N2O3. The Balaban J connectivity index is 1.01. The van der Waals surface area contributed by atoms with E-state index in [9.17, 15) is 5.11 Å². The minimum absolute atomic E-state index is 0.174. The molecule has 0 atom stereocenters. The number of aryl methyl sites for hydroxylation is 1. The Kier molecular flexibility index (Phi) is 8.45. The van der Waals surface area contributed by atoms with Crippen LogP contribution in [-0.4, -0.2) is 15.1 Å². The van der Waals surface area contributed by atoms with E-state index in [-0.39, 0.29) is 5.75 Å². The van der Waals surface area contributed by atoms with Crippen molar-refractivity contribution in [1.29, 1.82) is 0 Å². The quantitative estimate of drug-likeness (QED) is 0.175. The number of phenols is 1. The van der Waals surface area contributed by atoms with Crippen molar-refractivity contribution in [3.8, 4) is 84.2 Å². The second kappa shape index (κ2) is 14.4. The van der Waals surface area contributed by atoms with E-state index < -0.39 is 0 Å². The summed E-state index contributed by atoms with van der Waals surface area (Å²) < 4.78 is 13.0. The van der Waals surface area contributed by atoms with Crippen LogP contribution in [0.1, 0.15) is 5.69 Å². The van der Waals surface area contributed by atoms with Gasteiger partial charge in [-0.25, -0.2) is 4.98 Å². The van der Waals surface area contributed by atoms with Gasteiger partial charge in [-0.1, -0.05) is 127 Å². The van der Waals surface area contributed by atoms with E-state index in [1.807, 2.05) is 122 Å². The number of fused-ring (bicyclic) bond motifs is 4. The number of furan rings is 2. The highest BCUT2D eigenvalue weighted by Gasteiger charge is 2.21. The summed E-state index contributed by atoms with van der Waals surface area (Å²) >= 11 is 0. The molecule has 5 nitrogen and oxygen atoms in total. The molecule has 4 heterocycles. The van der Waals surface area contributed by atoms with Crippen LogP contribution in [0.4, 0.5) is 0 Å². The van der Waals surface area contributed by atoms with Crippen molar-refractivity contribution >= 4 is 32.9 Å². The van der Waals surface area contributed by atoms with E-state index in [2.05, 4.69) is 78.9 Å². The number of nitrogens with zero attached hydrogens (tertiary/aromatic N) is 2. The molecule has 0 unspecified atom stereocenters. The van der Waals surface area contributed by atoms with Crippen LogP contribution in [-0.2, 0) is 0 Å². The van der Waals surface area contributed by atoms with Gasteiger partial charge < -0.3 is 13.9 Å². The molecule has 1 N–H and O–H groups in total. The molecule has 60 heavy (non-hydrogen) atoms. The number of pyridine rings is 2. The first-order chi connectivity index (χ1) is 29.5.